The number of nitrogens with one attached hydrogen (secondary N) is 1. The standard InChI is InChI=1S/C23H27N5O4S/c1-26(2)33(31,32)16-10-11-20(28-12-6-7-13-28)18(14-16)23(30)27(3)15-21-24-19-9-5-4-8-17(19)22(29)25-21/h4-5,8-11,14H,6-7,12-13,15H2,1-3H3,(H,24,25,29). The number of benzene rings is 2. The number of para-hydroxylation sites is 1. The lowest BCUT2D eigenvalue weighted by Crippen LogP contribution is -2.31. The summed E-state index contributed by atoms with van der Waals surface area (Å²) in [7, 11) is 0.821. The normalized spacial score (nSPS) is 14.2. The van der Waals surface area contributed by atoms with Gasteiger partial charge in [0.2, 0.25) is 10.0 Å². The van der Waals surface area contributed by atoms with Crippen LogP contribution in [0.2, 0.25) is 0 Å². The van der Waals surface area contributed by atoms with E-state index in [-0.39, 0.29) is 22.9 Å². The summed E-state index contributed by atoms with van der Waals surface area (Å²) in [6.45, 7) is 1.69. The zero-order valence-corrected chi connectivity index (χ0v) is 19.7. The minimum atomic E-state index is -3.70. The predicted molar refractivity (Wildman–Crippen MR) is 127 cm³/mol. The molecule has 1 fully saturated rings. The minimum absolute atomic E-state index is 0.0597. The lowest BCUT2D eigenvalue weighted by molar-refractivity contribution is 0.0782. The van der Waals surface area contributed by atoms with E-state index in [2.05, 4.69) is 14.9 Å². The summed E-state index contributed by atoms with van der Waals surface area (Å²) in [4.78, 5) is 36.7. The molecule has 3 aromatic rings. The van der Waals surface area contributed by atoms with Gasteiger partial charge in [-0.25, -0.2) is 17.7 Å². The van der Waals surface area contributed by atoms with Gasteiger partial charge in [-0.05, 0) is 43.2 Å². The zero-order valence-electron chi connectivity index (χ0n) is 18.9. The van der Waals surface area contributed by atoms with Gasteiger partial charge in [0, 0.05) is 39.9 Å². The molecule has 1 aromatic heterocycles. The number of sulfonamides is 1. The molecule has 2 aromatic carbocycles. The summed E-state index contributed by atoms with van der Waals surface area (Å²) < 4.78 is 26.5. The van der Waals surface area contributed by atoms with Crippen molar-refractivity contribution in [2.45, 2.75) is 24.3 Å². The van der Waals surface area contributed by atoms with Gasteiger partial charge in [-0.1, -0.05) is 12.1 Å². The molecule has 2 heterocycles. The topological polar surface area (TPSA) is 107 Å². The Morgan fingerprint density at radius 1 is 1.09 bits per heavy atom. The van der Waals surface area contributed by atoms with Gasteiger partial charge in [0.15, 0.2) is 0 Å². The van der Waals surface area contributed by atoms with Crippen molar-refractivity contribution in [3.05, 3.63) is 64.2 Å². The summed E-state index contributed by atoms with van der Waals surface area (Å²) in [6, 6.07) is 11.7. The molecule has 0 spiro atoms. The maximum Gasteiger partial charge on any atom is 0.258 e. The molecule has 0 bridgehead atoms. The van der Waals surface area contributed by atoms with Crippen LogP contribution in [0.25, 0.3) is 10.9 Å². The molecule has 1 aliphatic heterocycles. The van der Waals surface area contributed by atoms with Crippen molar-refractivity contribution in [2.24, 2.45) is 0 Å². The molecule has 0 radical (unpaired) electrons. The maximum absolute atomic E-state index is 13.5. The van der Waals surface area contributed by atoms with E-state index >= 15 is 0 Å². The van der Waals surface area contributed by atoms with Crippen LogP contribution in [0.4, 0.5) is 5.69 Å². The van der Waals surface area contributed by atoms with Crippen LogP contribution in [0.1, 0.15) is 29.0 Å². The third-order valence-corrected chi connectivity index (χ3v) is 7.63. The average molecular weight is 470 g/mol. The van der Waals surface area contributed by atoms with Gasteiger partial charge in [-0.2, -0.15) is 0 Å². The lowest BCUT2D eigenvalue weighted by Gasteiger charge is -2.25. The number of aromatic amines is 1. The van der Waals surface area contributed by atoms with E-state index in [4.69, 9.17) is 0 Å². The van der Waals surface area contributed by atoms with Gasteiger partial charge < -0.3 is 14.8 Å². The molecule has 10 heteroatoms. The van der Waals surface area contributed by atoms with Gasteiger partial charge in [0.25, 0.3) is 11.5 Å². The number of hydrogen-bond acceptors (Lipinski definition) is 6. The van der Waals surface area contributed by atoms with Gasteiger partial charge in [0.05, 0.1) is 27.9 Å². The van der Waals surface area contributed by atoms with Crippen LogP contribution in [0.5, 0.6) is 0 Å². The largest absolute Gasteiger partial charge is 0.371 e. The maximum atomic E-state index is 13.5. The highest BCUT2D eigenvalue weighted by molar-refractivity contribution is 7.89. The predicted octanol–water partition coefficient (Wildman–Crippen LogP) is 2.05. The van der Waals surface area contributed by atoms with Crippen LogP contribution < -0.4 is 10.5 Å². The molecule has 0 saturated carbocycles. The van der Waals surface area contributed by atoms with E-state index in [0.717, 1.165) is 30.2 Å². The van der Waals surface area contributed by atoms with E-state index in [0.29, 0.717) is 28.0 Å². The molecule has 1 N–H and O–H groups in total. The summed E-state index contributed by atoms with van der Waals surface area (Å²) in [5.41, 5.74) is 1.30. The monoisotopic (exact) mass is 469 g/mol. The second kappa shape index (κ2) is 8.95. The summed E-state index contributed by atoms with van der Waals surface area (Å²) >= 11 is 0. The number of H-pyrrole nitrogens is 1. The zero-order chi connectivity index (χ0) is 23.8. The van der Waals surface area contributed by atoms with Crippen molar-refractivity contribution < 1.29 is 13.2 Å². The summed E-state index contributed by atoms with van der Waals surface area (Å²) in [5.74, 6) is 0.0119. The number of amides is 1. The Kier molecular flexibility index (Phi) is 6.22. The quantitative estimate of drug-likeness (QED) is 0.592. The molecular weight excluding hydrogens is 442 g/mol. The molecule has 0 aliphatic carbocycles. The Hall–Kier alpha value is -3.24. The third-order valence-electron chi connectivity index (χ3n) is 5.82. The fourth-order valence-corrected chi connectivity index (χ4v) is 4.93. The number of carbonyl (C=O) groups excluding carboxylic acids is 1. The fraction of sp³-hybridized carbons (Fsp3) is 0.348. The number of fused-ring (bicyclic) bond motifs is 1. The SMILES string of the molecule is CN(Cc1nc2ccccc2c(=O)[nH]1)C(=O)c1cc(S(=O)(=O)N(C)C)ccc1N1CCCC1. The Bertz CT molecular complexity index is 1360. The molecule has 9 nitrogen and oxygen atoms in total. The number of anilines is 1. The number of nitrogens with zero attached hydrogens (tertiary/aromatic N) is 4. The Labute approximate surface area is 192 Å². The van der Waals surface area contributed by atoms with E-state index < -0.39 is 10.0 Å². The van der Waals surface area contributed by atoms with E-state index in [1.54, 1.807) is 43.4 Å². The summed E-state index contributed by atoms with van der Waals surface area (Å²) in [5, 5.41) is 0.480. The van der Waals surface area contributed by atoms with Crippen molar-refractivity contribution >= 4 is 32.5 Å². The van der Waals surface area contributed by atoms with Crippen LogP contribution in [-0.2, 0) is 16.6 Å². The van der Waals surface area contributed by atoms with E-state index in [1.807, 2.05) is 0 Å². The van der Waals surface area contributed by atoms with Gasteiger partial charge >= 0.3 is 0 Å². The fourth-order valence-electron chi connectivity index (χ4n) is 4.00. The number of rotatable bonds is 6. The van der Waals surface area contributed by atoms with Crippen molar-refractivity contribution in [2.75, 3.05) is 39.1 Å². The lowest BCUT2D eigenvalue weighted by atomic mass is 10.1. The molecule has 33 heavy (non-hydrogen) atoms. The highest BCUT2D eigenvalue weighted by Crippen LogP contribution is 2.29. The van der Waals surface area contributed by atoms with Crippen LogP contribution in [0.3, 0.4) is 0 Å². The van der Waals surface area contributed by atoms with Gasteiger partial charge in [-0.15, -0.1) is 0 Å². The van der Waals surface area contributed by atoms with E-state index in [9.17, 15) is 18.0 Å². The number of carbonyl (C=O) groups is 1. The molecule has 0 unspecified atom stereocenters. The second-order valence-electron chi connectivity index (χ2n) is 8.35. The average Bonchev–Trinajstić information content (AvgIpc) is 3.33. The molecule has 0 atom stereocenters. The van der Waals surface area contributed by atoms with Crippen molar-refractivity contribution in [3.63, 3.8) is 0 Å². The first-order valence-electron chi connectivity index (χ1n) is 10.7. The van der Waals surface area contributed by atoms with Crippen molar-refractivity contribution in [1.29, 1.82) is 0 Å². The highest BCUT2D eigenvalue weighted by Gasteiger charge is 2.26. The molecule has 4 rings (SSSR count). The van der Waals surface area contributed by atoms with Crippen LogP contribution >= 0.6 is 0 Å². The molecule has 1 amide bonds. The van der Waals surface area contributed by atoms with Crippen LogP contribution in [0, 0.1) is 0 Å². The number of aromatic nitrogens is 2. The van der Waals surface area contributed by atoms with Gasteiger partial charge in [-0.3, -0.25) is 9.59 Å². The molecule has 1 saturated heterocycles. The van der Waals surface area contributed by atoms with Crippen molar-refractivity contribution in [1.82, 2.24) is 19.2 Å². The molecule has 1 aliphatic rings. The first-order valence-corrected chi connectivity index (χ1v) is 12.2. The van der Waals surface area contributed by atoms with Gasteiger partial charge in [0.1, 0.15) is 5.82 Å². The summed E-state index contributed by atoms with van der Waals surface area (Å²) in [6.07, 6.45) is 2.03. The minimum Gasteiger partial charge on any atom is -0.371 e. The third kappa shape index (κ3) is 4.49. The smallest absolute Gasteiger partial charge is 0.258 e. The second-order valence-corrected chi connectivity index (χ2v) is 10.5. The highest BCUT2D eigenvalue weighted by atomic mass is 32.2. The first-order chi connectivity index (χ1) is 15.7. The van der Waals surface area contributed by atoms with Crippen molar-refractivity contribution in [3.8, 4) is 0 Å². The Morgan fingerprint density at radius 3 is 2.48 bits per heavy atom. The molecular formula is C23H27N5O4S. The van der Waals surface area contributed by atoms with Crippen LogP contribution in [-0.4, -0.2) is 67.7 Å². The molecule has 174 valence electrons. The first kappa shape index (κ1) is 22.9. The Morgan fingerprint density at radius 2 is 1.79 bits per heavy atom. The number of hydrogen-bond donors (Lipinski definition) is 1. The Balaban J connectivity index is 1.70. The van der Waals surface area contributed by atoms with E-state index in [1.165, 1.54) is 25.1 Å². The van der Waals surface area contributed by atoms with Crippen LogP contribution in [0.15, 0.2) is 52.2 Å².